The summed E-state index contributed by atoms with van der Waals surface area (Å²) in [7, 11) is 1.48. The predicted octanol–water partition coefficient (Wildman–Crippen LogP) is 12.6. The van der Waals surface area contributed by atoms with Crippen molar-refractivity contribution in [2.24, 2.45) is 11.3 Å². The fourth-order valence-electron chi connectivity index (χ4n) is 13.1. The van der Waals surface area contributed by atoms with E-state index in [9.17, 15) is 30.0 Å². The van der Waals surface area contributed by atoms with Gasteiger partial charge in [-0.15, -0.1) is 0 Å². The first-order valence-electron chi connectivity index (χ1n) is 28.8. The van der Waals surface area contributed by atoms with Gasteiger partial charge in [-0.2, -0.15) is 0 Å². The normalized spacial score (nSPS) is 21.8. The number of ether oxygens (including phenoxy) is 3. The lowest BCUT2D eigenvalue weighted by Gasteiger charge is -2.38. The van der Waals surface area contributed by atoms with Crippen molar-refractivity contribution in [1.29, 1.82) is 0 Å². The molecule has 0 radical (unpaired) electrons. The van der Waals surface area contributed by atoms with Gasteiger partial charge in [-0.05, 0) is 156 Å². The molecule has 4 aliphatic rings. The quantitative estimate of drug-likeness (QED) is 0.0672. The lowest BCUT2D eigenvalue weighted by Crippen LogP contribution is -2.35. The second-order valence-electron chi connectivity index (χ2n) is 22.9. The highest BCUT2D eigenvalue weighted by molar-refractivity contribution is 6.00. The van der Waals surface area contributed by atoms with Crippen LogP contribution >= 0.6 is 0 Å². The highest BCUT2D eigenvalue weighted by atomic mass is 16.5. The predicted molar refractivity (Wildman–Crippen MR) is 320 cm³/mol. The standard InChI is InChI=1S/C69H72N4O10/c1-42-11-8-9-23-69(42)24-20-55(82-44(3)75)35-54(78)37-62(49-32-64(80)68(65(33-49)81-4)83-56-29-46(28-53(77)36-56)27-45-12-6-5-7-13-45)73-41-59-60(17-16-57-63(79)19-18-61(73)67(57)59)72(26-22-43(2)74)66-34-48(21-25-71-66)58(47-14-10-15-52(76)30-47)31-50-39-70-40-51(50)38-69/h5-17,21,23,28-30,32-34,36,39-42,55,58,62-63,70-71,76-77,79-80H,18-20,22,24-27,31,35,37-38H2,1-4H3/t42-,55-,58+,62+,63-,69+/m1/s1. The number of phenolic OH excluding ortho intramolecular Hbond substituents is 3. The number of aliphatic hydroxyl groups is 1. The number of rotatable bonds is 11. The Morgan fingerprint density at radius 2 is 1.67 bits per heavy atom. The van der Waals surface area contributed by atoms with Gasteiger partial charge in [0.15, 0.2) is 11.5 Å². The monoisotopic (exact) mass is 1120 g/mol. The summed E-state index contributed by atoms with van der Waals surface area (Å²) in [6, 6.07) is 28.8. The Kier molecular flexibility index (Phi) is 16.2. The number of hydrogen-bond acceptors (Lipinski definition) is 12. The van der Waals surface area contributed by atoms with E-state index in [2.05, 4.69) is 81.6 Å². The van der Waals surface area contributed by atoms with Gasteiger partial charge in [0.05, 0.1) is 24.9 Å². The topological polar surface area (TPSA) is 196 Å². The van der Waals surface area contributed by atoms with Crippen molar-refractivity contribution < 1.29 is 49.0 Å². The Morgan fingerprint density at radius 3 is 2.46 bits per heavy atom. The summed E-state index contributed by atoms with van der Waals surface area (Å²) in [4.78, 5) is 46.9. The molecule has 7 aromatic rings. The number of aromatic nitrogens is 2. The van der Waals surface area contributed by atoms with E-state index in [4.69, 9.17) is 14.2 Å². The smallest absolute Gasteiger partial charge is 0.302 e. The number of hydrogen-bond donors (Lipinski definition) is 6. The van der Waals surface area contributed by atoms with Gasteiger partial charge in [-0.1, -0.05) is 85.8 Å². The van der Waals surface area contributed by atoms with E-state index in [-0.39, 0.29) is 77.2 Å². The molecular formula is C69H72N4O10. The minimum absolute atomic E-state index is 0.0123. The van der Waals surface area contributed by atoms with Crippen molar-refractivity contribution in [3.05, 3.63) is 208 Å². The molecule has 0 fully saturated rings. The van der Waals surface area contributed by atoms with Crippen LogP contribution in [0.15, 0.2) is 164 Å². The number of nitrogens with zero attached hydrogens (tertiary/aromatic N) is 2. The number of carbonyl (C=O) groups excluding carboxylic acids is 3. The third kappa shape index (κ3) is 12.1. The van der Waals surface area contributed by atoms with Gasteiger partial charge < -0.3 is 54.4 Å². The number of ketones is 2. The lowest BCUT2D eigenvalue weighted by atomic mass is 9.66. The van der Waals surface area contributed by atoms with Crippen LogP contribution in [0.1, 0.15) is 122 Å². The number of nitrogens with one attached hydrogen (secondary N) is 2. The van der Waals surface area contributed by atoms with Crippen molar-refractivity contribution in [2.45, 2.75) is 109 Å². The number of benzene rings is 5. The van der Waals surface area contributed by atoms with Crippen molar-refractivity contribution in [1.82, 2.24) is 14.9 Å². The zero-order chi connectivity index (χ0) is 57.9. The van der Waals surface area contributed by atoms with E-state index in [1.807, 2.05) is 60.8 Å². The molecule has 4 heterocycles. The van der Waals surface area contributed by atoms with Gasteiger partial charge in [0.1, 0.15) is 40.7 Å². The first-order chi connectivity index (χ1) is 40.1. The fourth-order valence-corrected chi connectivity index (χ4v) is 13.1. The molecule has 4 bridgehead atoms. The van der Waals surface area contributed by atoms with Crippen molar-refractivity contribution in [2.75, 3.05) is 25.1 Å². The van der Waals surface area contributed by atoms with E-state index in [0.29, 0.717) is 63.6 Å². The van der Waals surface area contributed by atoms with Crippen LogP contribution in [0.5, 0.6) is 34.5 Å². The van der Waals surface area contributed by atoms with Gasteiger partial charge in [0.2, 0.25) is 5.75 Å². The first-order valence-corrected chi connectivity index (χ1v) is 28.8. The third-order valence-corrected chi connectivity index (χ3v) is 17.3. The Balaban J connectivity index is 1.08. The van der Waals surface area contributed by atoms with Gasteiger partial charge in [0, 0.05) is 86.3 Å². The Hall–Kier alpha value is -8.75. The largest absolute Gasteiger partial charge is 0.508 e. The second kappa shape index (κ2) is 24.0. The van der Waals surface area contributed by atoms with Crippen molar-refractivity contribution in [3.63, 3.8) is 0 Å². The number of aromatic amines is 1. The Labute approximate surface area is 484 Å². The SMILES string of the molecule is COc1cc([C@@H]2CC(=O)C[C@H](OC(C)=O)CC[C@@]3(C=CC=C[C@H]3C)Cc3c[nH]cc3C[C@@H](c3cccc(O)c3)C3=CCNC(=C3)N(CCC(C)=O)c3ccc4c5c(n2cc35)CC[C@H]4O)cc(O)c1Oc1cc(O)cc(Cc2ccccc2)c1. The van der Waals surface area contributed by atoms with Gasteiger partial charge in [-0.3, -0.25) is 14.4 Å². The molecule has 0 amide bonds. The minimum Gasteiger partial charge on any atom is -0.508 e. The third-order valence-electron chi connectivity index (χ3n) is 17.3. The van der Waals surface area contributed by atoms with Crippen LogP contribution in [0.2, 0.25) is 0 Å². The second-order valence-corrected chi connectivity index (χ2v) is 22.9. The summed E-state index contributed by atoms with van der Waals surface area (Å²) in [5.41, 5.74) is 8.56. The molecule has 428 valence electrons. The molecule has 2 aliphatic heterocycles. The van der Waals surface area contributed by atoms with E-state index >= 15 is 4.79 Å². The molecule has 0 unspecified atom stereocenters. The fraction of sp³-hybridized carbons (Fsp3) is 0.319. The van der Waals surface area contributed by atoms with Crippen LogP contribution in [-0.4, -0.2) is 73.8 Å². The Bertz CT molecular complexity index is 3720. The number of H-pyrrole nitrogens is 1. The average molecular weight is 1120 g/mol. The number of anilines is 1. The van der Waals surface area contributed by atoms with E-state index in [0.717, 1.165) is 66.9 Å². The van der Waals surface area contributed by atoms with E-state index in [1.54, 1.807) is 37.3 Å². The van der Waals surface area contributed by atoms with Crippen molar-refractivity contribution in [3.8, 4) is 34.5 Å². The van der Waals surface area contributed by atoms with E-state index < -0.39 is 29.6 Å². The number of Topliss-reactive ketones (excluding diaryl/α,β-unsaturated/α-hetero) is 2. The number of methoxy groups -OCH3 is 1. The van der Waals surface area contributed by atoms with E-state index in [1.165, 1.54) is 20.1 Å². The Morgan fingerprint density at radius 1 is 0.843 bits per heavy atom. The first kappa shape index (κ1) is 56.1. The summed E-state index contributed by atoms with van der Waals surface area (Å²) in [6.45, 7) is 5.97. The number of fused-ring (bicyclic) bond motifs is 4. The molecule has 6 N–H and O–H groups in total. The molecule has 0 saturated heterocycles. The number of aliphatic hydroxyl groups excluding tert-OH is 1. The van der Waals surface area contributed by atoms with Crippen LogP contribution in [0.4, 0.5) is 5.69 Å². The van der Waals surface area contributed by atoms with Gasteiger partial charge in [-0.25, -0.2) is 0 Å². The summed E-state index contributed by atoms with van der Waals surface area (Å²) in [6.07, 6.45) is 21.3. The maximum Gasteiger partial charge on any atom is 0.302 e. The zero-order valence-corrected chi connectivity index (χ0v) is 47.4. The molecule has 5 aromatic carbocycles. The molecule has 2 aliphatic carbocycles. The highest BCUT2D eigenvalue weighted by Crippen LogP contribution is 2.49. The molecule has 1 spiro atoms. The molecule has 6 atom stereocenters. The summed E-state index contributed by atoms with van der Waals surface area (Å²) in [5, 5.41) is 51.1. The number of esters is 1. The van der Waals surface area contributed by atoms with Crippen LogP contribution in [-0.2, 0) is 44.8 Å². The molecule has 0 saturated carbocycles. The zero-order valence-electron chi connectivity index (χ0n) is 47.4. The maximum atomic E-state index is 15.2. The number of carbonyl (C=O) groups is 3. The summed E-state index contributed by atoms with van der Waals surface area (Å²) in [5.74, 6) is 0.364. The van der Waals surface area contributed by atoms with Crippen LogP contribution in [0.3, 0.4) is 0 Å². The number of allylic oxidation sites excluding steroid dienone is 6. The molecule has 14 heteroatoms. The number of aryl methyl sites for hydroxylation is 1. The average Bonchev–Trinajstić information content (AvgIpc) is 2.01. The van der Waals surface area contributed by atoms with Crippen LogP contribution in [0, 0.1) is 11.3 Å². The van der Waals surface area contributed by atoms with Crippen LogP contribution < -0.4 is 19.7 Å². The van der Waals surface area contributed by atoms with Crippen LogP contribution in [0.25, 0.3) is 10.8 Å². The summed E-state index contributed by atoms with van der Waals surface area (Å²) >= 11 is 0. The molecule has 14 nitrogen and oxygen atoms in total. The number of aromatic hydroxyl groups is 3. The maximum absolute atomic E-state index is 15.2. The summed E-state index contributed by atoms with van der Waals surface area (Å²) < 4.78 is 20.6. The van der Waals surface area contributed by atoms with Gasteiger partial charge in [0.25, 0.3) is 0 Å². The molecule has 83 heavy (non-hydrogen) atoms. The van der Waals surface area contributed by atoms with Crippen molar-refractivity contribution >= 4 is 34.0 Å². The lowest BCUT2D eigenvalue weighted by molar-refractivity contribution is -0.148. The highest BCUT2D eigenvalue weighted by Gasteiger charge is 2.38. The minimum atomic E-state index is -0.779. The van der Waals surface area contributed by atoms with Gasteiger partial charge >= 0.3 is 5.97 Å². The molecular weight excluding hydrogens is 1040 g/mol. The molecule has 2 aromatic heterocycles. The number of dihydropyridines is 1. The number of phenols is 3. The molecule has 11 rings (SSSR count).